The molecule has 1 fully saturated rings. The van der Waals surface area contributed by atoms with Gasteiger partial charge in [0, 0.05) is 22.6 Å². The molecule has 4 nitrogen and oxygen atoms in total. The van der Waals surface area contributed by atoms with Gasteiger partial charge in [0.05, 0.1) is 18.4 Å². The zero-order chi connectivity index (χ0) is 13.2. The second-order valence-electron chi connectivity index (χ2n) is 5.69. The van der Waals surface area contributed by atoms with Crippen LogP contribution in [0.2, 0.25) is 0 Å². The van der Waals surface area contributed by atoms with Crippen molar-refractivity contribution in [2.45, 2.75) is 50.9 Å². The highest BCUT2D eigenvalue weighted by atomic mass is 32.2. The van der Waals surface area contributed by atoms with Crippen LogP contribution >= 0.6 is 11.8 Å². The summed E-state index contributed by atoms with van der Waals surface area (Å²) < 4.78 is 1.77. The minimum atomic E-state index is -0.0184. The second kappa shape index (κ2) is 5.34. The van der Waals surface area contributed by atoms with E-state index < -0.39 is 0 Å². The van der Waals surface area contributed by atoms with Gasteiger partial charge in [0.1, 0.15) is 0 Å². The smallest absolute Gasteiger partial charge is 0.268 e. The van der Waals surface area contributed by atoms with Gasteiger partial charge in [-0.05, 0) is 12.8 Å². The Morgan fingerprint density at radius 2 is 2.22 bits per heavy atom. The van der Waals surface area contributed by atoms with Crippen molar-refractivity contribution in [3.8, 4) is 0 Å². The van der Waals surface area contributed by atoms with Crippen LogP contribution < -0.4 is 10.9 Å². The molecule has 1 saturated carbocycles. The first-order valence-electron chi connectivity index (χ1n) is 6.42. The highest BCUT2D eigenvalue weighted by molar-refractivity contribution is 8.00. The molecule has 0 saturated heterocycles. The van der Waals surface area contributed by atoms with Crippen LogP contribution in [0.25, 0.3) is 0 Å². The van der Waals surface area contributed by atoms with Crippen LogP contribution in [0.3, 0.4) is 0 Å². The van der Waals surface area contributed by atoms with E-state index in [0.717, 1.165) is 11.4 Å². The van der Waals surface area contributed by atoms with Crippen molar-refractivity contribution in [3.63, 3.8) is 0 Å². The van der Waals surface area contributed by atoms with Gasteiger partial charge in [-0.15, -0.1) is 0 Å². The summed E-state index contributed by atoms with van der Waals surface area (Å²) in [5.41, 5.74) is 0.831. The summed E-state index contributed by atoms with van der Waals surface area (Å²) in [6.45, 7) is 7.20. The molecule has 1 aromatic heterocycles. The normalized spacial score (nSPS) is 15.7. The van der Waals surface area contributed by atoms with Crippen molar-refractivity contribution in [2.75, 3.05) is 11.1 Å². The molecule has 1 N–H and O–H groups in total. The highest BCUT2D eigenvalue weighted by Crippen LogP contribution is 2.24. The number of nitrogens with one attached hydrogen (secondary N) is 1. The summed E-state index contributed by atoms with van der Waals surface area (Å²) >= 11 is 1.85. The molecule has 0 aliphatic heterocycles. The van der Waals surface area contributed by atoms with Crippen LogP contribution in [0, 0.1) is 0 Å². The summed E-state index contributed by atoms with van der Waals surface area (Å²) in [7, 11) is 0. The molecule has 1 heterocycles. The minimum absolute atomic E-state index is 0.0184. The standard InChI is InChI=1S/C13H21N3OS/c1-13(2,3)18-7-6-16-12(17)8-11(9-14-16)15-10-4-5-10/h8-10,15H,4-7H2,1-3H3. The van der Waals surface area contributed by atoms with E-state index in [1.165, 1.54) is 17.5 Å². The average Bonchev–Trinajstić information content (AvgIpc) is 3.03. The SMILES string of the molecule is CC(C)(C)SCCn1ncc(NC2CC2)cc1=O. The van der Waals surface area contributed by atoms with E-state index in [0.29, 0.717) is 12.6 Å². The molecule has 0 bridgehead atoms. The zero-order valence-electron chi connectivity index (χ0n) is 11.3. The number of hydrogen-bond donors (Lipinski definition) is 1. The molecule has 18 heavy (non-hydrogen) atoms. The summed E-state index contributed by atoms with van der Waals surface area (Å²) in [4.78, 5) is 11.8. The molecule has 1 aliphatic carbocycles. The Kier molecular flexibility index (Phi) is 4.00. The fraction of sp³-hybridized carbons (Fsp3) is 0.692. The summed E-state index contributed by atoms with van der Waals surface area (Å²) in [5.74, 6) is 0.909. The van der Waals surface area contributed by atoms with Gasteiger partial charge >= 0.3 is 0 Å². The van der Waals surface area contributed by atoms with Gasteiger partial charge < -0.3 is 5.32 Å². The molecule has 5 heteroatoms. The highest BCUT2D eigenvalue weighted by Gasteiger charge is 2.21. The molecule has 1 aromatic rings. The first-order chi connectivity index (χ1) is 8.44. The molecule has 2 rings (SSSR count). The van der Waals surface area contributed by atoms with Gasteiger partial charge in [-0.1, -0.05) is 20.8 Å². The quantitative estimate of drug-likeness (QED) is 0.889. The summed E-state index contributed by atoms with van der Waals surface area (Å²) in [5, 5.41) is 7.49. The van der Waals surface area contributed by atoms with Crippen LogP contribution in [-0.2, 0) is 6.54 Å². The number of anilines is 1. The van der Waals surface area contributed by atoms with E-state index in [9.17, 15) is 4.79 Å². The monoisotopic (exact) mass is 267 g/mol. The molecule has 0 atom stereocenters. The summed E-state index contributed by atoms with van der Waals surface area (Å²) in [6, 6.07) is 2.20. The lowest BCUT2D eigenvalue weighted by molar-refractivity contribution is 0.619. The molecule has 0 amide bonds. The van der Waals surface area contributed by atoms with Gasteiger partial charge in [0.2, 0.25) is 0 Å². The average molecular weight is 267 g/mol. The summed E-state index contributed by atoms with van der Waals surface area (Å²) in [6.07, 6.45) is 4.15. The molecule has 0 unspecified atom stereocenters. The Morgan fingerprint density at radius 3 is 2.78 bits per heavy atom. The van der Waals surface area contributed by atoms with Crippen molar-refractivity contribution in [1.82, 2.24) is 9.78 Å². The van der Waals surface area contributed by atoms with Gasteiger partial charge in [0.15, 0.2) is 0 Å². The maximum absolute atomic E-state index is 11.8. The third-order valence-electron chi connectivity index (χ3n) is 2.66. The first kappa shape index (κ1) is 13.5. The Hall–Kier alpha value is -0.970. The zero-order valence-corrected chi connectivity index (χ0v) is 12.1. The maximum atomic E-state index is 11.8. The maximum Gasteiger partial charge on any atom is 0.268 e. The van der Waals surface area contributed by atoms with Crippen LogP contribution in [0.4, 0.5) is 5.69 Å². The Balaban J connectivity index is 1.90. The molecular formula is C13H21N3OS. The van der Waals surface area contributed by atoms with Gasteiger partial charge in [-0.2, -0.15) is 16.9 Å². The lowest BCUT2D eigenvalue weighted by atomic mass is 10.3. The van der Waals surface area contributed by atoms with Crippen LogP contribution in [-0.4, -0.2) is 26.3 Å². The van der Waals surface area contributed by atoms with E-state index in [4.69, 9.17) is 0 Å². The topological polar surface area (TPSA) is 46.9 Å². The lowest BCUT2D eigenvalue weighted by Crippen LogP contribution is -2.24. The van der Waals surface area contributed by atoms with E-state index in [1.54, 1.807) is 12.3 Å². The molecule has 0 radical (unpaired) electrons. The number of hydrogen-bond acceptors (Lipinski definition) is 4. The molecular weight excluding hydrogens is 246 g/mol. The molecule has 100 valence electrons. The molecule has 1 aliphatic rings. The minimum Gasteiger partial charge on any atom is -0.381 e. The van der Waals surface area contributed by atoms with Crippen molar-refractivity contribution in [1.29, 1.82) is 0 Å². The van der Waals surface area contributed by atoms with E-state index >= 15 is 0 Å². The number of nitrogens with zero attached hydrogens (tertiary/aromatic N) is 2. The molecule has 0 aromatic carbocycles. The number of rotatable bonds is 5. The number of aromatic nitrogens is 2. The van der Waals surface area contributed by atoms with Crippen molar-refractivity contribution < 1.29 is 0 Å². The molecule has 0 spiro atoms. The van der Waals surface area contributed by atoms with Gasteiger partial charge in [-0.3, -0.25) is 4.79 Å². The third-order valence-corrected chi connectivity index (χ3v) is 3.91. The predicted octanol–water partition coefficient (Wildman–Crippen LogP) is 2.35. The fourth-order valence-corrected chi connectivity index (χ4v) is 2.46. The third kappa shape index (κ3) is 4.37. The van der Waals surface area contributed by atoms with E-state index in [-0.39, 0.29) is 10.3 Å². The number of aryl methyl sites for hydroxylation is 1. The number of thioether (sulfide) groups is 1. The van der Waals surface area contributed by atoms with Gasteiger partial charge in [0.25, 0.3) is 5.56 Å². The lowest BCUT2D eigenvalue weighted by Gasteiger charge is -2.17. The van der Waals surface area contributed by atoms with Crippen molar-refractivity contribution >= 4 is 17.4 Å². The fourth-order valence-electron chi connectivity index (χ4n) is 1.58. The second-order valence-corrected chi connectivity index (χ2v) is 7.61. The first-order valence-corrected chi connectivity index (χ1v) is 7.40. The predicted molar refractivity (Wildman–Crippen MR) is 77.4 cm³/mol. The Labute approximate surface area is 112 Å². The van der Waals surface area contributed by atoms with Crippen LogP contribution in [0.15, 0.2) is 17.1 Å². The Morgan fingerprint density at radius 1 is 1.50 bits per heavy atom. The van der Waals surface area contributed by atoms with Crippen LogP contribution in [0.5, 0.6) is 0 Å². The largest absolute Gasteiger partial charge is 0.381 e. The Bertz CT molecular complexity index is 460. The van der Waals surface area contributed by atoms with Crippen LogP contribution in [0.1, 0.15) is 33.6 Å². The van der Waals surface area contributed by atoms with E-state index in [2.05, 4.69) is 31.2 Å². The van der Waals surface area contributed by atoms with Crippen molar-refractivity contribution in [2.24, 2.45) is 0 Å². The van der Waals surface area contributed by atoms with Gasteiger partial charge in [-0.25, -0.2) is 4.68 Å². The van der Waals surface area contributed by atoms with E-state index in [1.807, 2.05) is 11.8 Å². The van der Waals surface area contributed by atoms with Crippen molar-refractivity contribution in [3.05, 3.63) is 22.6 Å².